The molecular weight excluding hydrogens is 338 g/mol. The molecule has 8 heteroatoms. The average molecular weight is 361 g/mol. The van der Waals surface area contributed by atoms with E-state index in [1.807, 2.05) is 12.3 Å². The molecule has 0 atom stereocenters. The molecule has 0 unspecified atom stereocenters. The number of nitrogens with one attached hydrogen (secondary N) is 1. The molecule has 25 heavy (non-hydrogen) atoms. The Morgan fingerprint density at radius 1 is 1.28 bits per heavy atom. The van der Waals surface area contributed by atoms with Gasteiger partial charge in [-0.15, -0.1) is 0 Å². The van der Waals surface area contributed by atoms with Gasteiger partial charge in [-0.1, -0.05) is 6.07 Å². The molecule has 1 fully saturated rings. The molecule has 1 N–H and O–H groups in total. The third-order valence-electron chi connectivity index (χ3n) is 5.41. The van der Waals surface area contributed by atoms with Crippen LogP contribution in [-0.2, 0) is 28.5 Å². The molecule has 1 spiro atoms. The molecule has 2 aromatic heterocycles. The van der Waals surface area contributed by atoms with Crippen LogP contribution in [0.4, 0.5) is 0 Å². The first-order chi connectivity index (χ1) is 12.0. The summed E-state index contributed by atoms with van der Waals surface area (Å²) in [6.07, 6.45) is 8.90. The highest BCUT2D eigenvalue weighted by molar-refractivity contribution is 7.88. The summed E-state index contributed by atoms with van der Waals surface area (Å²) < 4.78 is 26.5. The van der Waals surface area contributed by atoms with Crippen molar-refractivity contribution in [2.75, 3.05) is 25.9 Å². The molecule has 0 aliphatic carbocycles. The maximum absolute atomic E-state index is 12.4. The lowest BCUT2D eigenvalue weighted by molar-refractivity contribution is 0.0604. The Hall–Kier alpha value is -1.77. The minimum atomic E-state index is -3.28. The van der Waals surface area contributed by atoms with Crippen LogP contribution in [0.1, 0.15) is 29.8 Å². The van der Waals surface area contributed by atoms with Crippen molar-refractivity contribution in [2.24, 2.45) is 0 Å². The van der Waals surface area contributed by atoms with E-state index in [0.717, 1.165) is 43.9 Å². The predicted octanol–water partition coefficient (Wildman–Crippen LogP) is 1.11. The Morgan fingerprint density at radius 3 is 2.76 bits per heavy atom. The smallest absolute Gasteiger partial charge is 0.212 e. The normalized spacial score (nSPS) is 21.3. The quantitative estimate of drug-likeness (QED) is 0.886. The van der Waals surface area contributed by atoms with Crippen LogP contribution in [0.5, 0.6) is 0 Å². The van der Waals surface area contributed by atoms with Crippen LogP contribution in [0.2, 0.25) is 0 Å². The zero-order valence-electron chi connectivity index (χ0n) is 14.4. The second-order valence-corrected chi connectivity index (χ2v) is 8.89. The van der Waals surface area contributed by atoms with Gasteiger partial charge in [-0.3, -0.25) is 9.88 Å². The fourth-order valence-electron chi connectivity index (χ4n) is 4.26. The SMILES string of the molecule is CS(=O)(=O)N1CCc2[nH]cnc2C12CCN(Cc1cccnc1)CC2. The van der Waals surface area contributed by atoms with Crippen molar-refractivity contribution in [1.82, 2.24) is 24.2 Å². The number of hydrogen-bond donors (Lipinski definition) is 1. The number of rotatable bonds is 3. The Labute approximate surface area is 148 Å². The first-order valence-corrected chi connectivity index (χ1v) is 10.5. The van der Waals surface area contributed by atoms with Crippen molar-refractivity contribution in [3.8, 4) is 0 Å². The largest absolute Gasteiger partial charge is 0.348 e. The molecule has 0 saturated carbocycles. The molecule has 0 bridgehead atoms. The Bertz CT molecular complexity index is 841. The molecule has 4 rings (SSSR count). The monoisotopic (exact) mass is 361 g/mol. The number of likely N-dealkylation sites (tertiary alicyclic amines) is 1. The number of H-pyrrole nitrogens is 1. The van der Waals surface area contributed by atoms with Crippen molar-refractivity contribution < 1.29 is 8.42 Å². The van der Waals surface area contributed by atoms with Crippen LogP contribution in [0.25, 0.3) is 0 Å². The zero-order chi connectivity index (χ0) is 17.5. The third kappa shape index (κ3) is 2.98. The van der Waals surface area contributed by atoms with Gasteiger partial charge in [0, 0.05) is 50.7 Å². The summed E-state index contributed by atoms with van der Waals surface area (Å²) in [7, 11) is -3.28. The van der Waals surface area contributed by atoms with Crippen LogP contribution >= 0.6 is 0 Å². The van der Waals surface area contributed by atoms with Gasteiger partial charge in [0.1, 0.15) is 0 Å². The van der Waals surface area contributed by atoms with Gasteiger partial charge < -0.3 is 4.98 Å². The summed E-state index contributed by atoms with van der Waals surface area (Å²) >= 11 is 0. The van der Waals surface area contributed by atoms with Gasteiger partial charge in [0.25, 0.3) is 0 Å². The highest BCUT2D eigenvalue weighted by Gasteiger charge is 2.50. The number of nitrogens with zero attached hydrogens (tertiary/aromatic N) is 4. The van der Waals surface area contributed by atoms with E-state index in [9.17, 15) is 8.42 Å². The maximum Gasteiger partial charge on any atom is 0.212 e. The second-order valence-electron chi connectivity index (χ2n) is 6.98. The molecule has 7 nitrogen and oxygen atoms in total. The molecule has 134 valence electrons. The number of hydrogen-bond acceptors (Lipinski definition) is 5. The van der Waals surface area contributed by atoms with Gasteiger partial charge in [-0.2, -0.15) is 4.31 Å². The predicted molar refractivity (Wildman–Crippen MR) is 94.3 cm³/mol. The van der Waals surface area contributed by atoms with Gasteiger partial charge in [0.15, 0.2) is 0 Å². The summed E-state index contributed by atoms with van der Waals surface area (Å²) in [5.74, 6) is 0. The van der Waals surface area contributed by atoms with E-state index in [2.05, 4.69) is 25.9 Å². The number of imidazole rings is 1. The summed E-state index contributed by atoms with van der Waals surface area (Å²) in [4.78, 5) is 14.3. The van der Waals surface area contributed by atoms with E-state index in [-0.39, 0.29) is 0 Å². The van der Waals surface area contributed by atoms with E-state index in [1.165, 1.54) is 11.8 Å². The lowest BCUT2D eigenvalue weighted by Crippen LogP contribution is -2.57. The summed E-state index contributed by atoms with van der Waals surface area (Å²) in [6, 6.07) is 4.02. The van der Waals surface area contributed by atoms with E-state index in [1.54, 1.807) is 16.8 Å². The van der Waals surface area contributed by atoms with Crippen LogP contribution in [-0.4, -0.2) is 58.5 Å². The molecule has 4 heterocycles. The summed E-state index contributed by atoms with van der Waals surface area (Å²) in [5, 5.41) is 0. The molecular formula is C17H23N5O2S. The van der Waals surface area contributed by atoms with E-state index in [0.29, 0.717) is 13.0 Å². The molecule has 0 aromatic carbocycles. The zero-order valence-corrected chi connectivity index (χ0v) is 15.2. The molecule has 2 aromatic rings. The first kappa shape index (κ1) is 16.7. The maximum atomic E-state index is 12.4. The third-order valence-corrected chi connectivity index (χ3v) is 6.75. The molecule has 1 saturated heterocycles. The Balaban J connectivity index is 1.59. The van der Waals surface area contributed by atoms with Crippen LogP contribution < -0.4 is 0 Å². The molecule has 0 radical (unpaired) electrons. The molecule has 2 aliphatic rings. The number of sulfonamides is 1. The van der Waals surface area contributed by atoms with Crippen molar-refractivity contribution >= 4 is 10.0 Å². The number of fused-ring (bicyclic) bond motifs is 2. The fourth-order valence-corrected chi connectivity index (χ4v) is 5.59. The summed E-state index contributed by atoms with van der Waals surface area (Å²) in [6.45, 7) is 3.05. The fraction of sp³-hybridized carbons (Fsp3) is 0.529. The van der Waals surface area contributed by atoms with E-state index < -0.39 is 15.6 Å². The van der Waals surface area contributed by atoms with Gasteiger partial charge in [0.2, 0.25) is 10.0 Å². The standard InChI is InChI=1S/C17H23N5O2S/c1-25(23,24)22-8-4-15-16(20-13-19-15)17(22)5-9-21(10-6-17)12-14-3-2-7-18-11-14/h2-3,7,11,13H,4-6,8-10,12H2,1H3,(H,19,20). The van der Waals surface area contributed by atoms with Crippen molar-refractivity contribution in [3.05, 3.63) is 47.8 Å². The topological polar surface area (TPSA) is 82.2 Å². The van der Waals surface area contributed by atoms with E-state index in [4.69, 9.17) is 0 Å². The highest BCUT2D eigenvalue weighted by Crippen LogP contribution is 2.43. The molecule has 2 aliphatic heterocycles. The van der Waals surface area contributed by atoms with Crippen LogP contribution in [0.15, 0.2) is 30.9 Å². The average Bonchev–Trinajstić information content (AvgIpc) is 3.07. The van der Waals surface area contributed by atoms with Gasteiger partial charge in [-0.25, -0.2) is 13.4 Å². The summed E-state index contributed by atoms with van der Waals surface area (Å²) in [5.41, 5.74) is 2.68. The highest BCUT2D eigenvalue weighted by atomic mass is 32.2. The van der Waals surface area contributed by atoms with Gasteiger partial charge in [-0.05, 0) is 24.5 Å². The van der Waals surface area contributed by atoms with Crippen molar-refractivity contribution in [2.45, 2.75) is 31.3 Å². The van der Waals surface area contributed by atoms with Gasteiger partial charge >= 0.3 is 0 Å². The van der Waals surface area contributed by atoms with Crippen LogP contribution in [0, 0.1) is 0 Å². The number of aromatic nitrogens is 3. The van der Waals surface area contributed by atoms with Gasteiger partial charge in [0.05, 0.1) is 23.8 Å². The number of pyridine rings is 1. The minimum Gasteiger partial charge on any atom is -0.348 e. The van der Waals surface area contributed by atoms with Crippen molar-refractivity contribution in [3.63, 3.8) is 0 Å². The number of piperidine rings is 1. The first-order valence-electron chi connectivity index (χ1n) is 8.61. The minimum absolute atomic E-state index is 0.507. The Kier molecular flexibility index (Phi) is 4.13. The van der Waals surface area contributed by atoms with Crippen molar-refractivity contribution in [1.29, 1.82) is 0 Å². The second kappa shape index (κ2) is 6.19. The van der Waals surface area contributed by atoms with Crippen LogP contribution in [0.3, 0.4) is 0 Å². The lowest BCUT2D eigenvalue weighted by Gasteiger charge is -2.49. The molecule has 0 amide bonds. The Morgan fingerprint density at radius 2 is 2.08 bits per heavy atom. The number of aromatic amines is 1. The lowest BCUT2D eigenvalue weighted by atomic mass is 9.80. The van der Waals surface area contributed by atoms with E-state index >= 15 is 0 Å².